The van der Waals surface area contributed by atoms with E-state index >= 15 is 0 Å². The van der Waals surface area contributed by atoms with Crippen LogP contribution in [-0.4, -0.2) is 47.3 Å². The van der Waals surface area contributed by atoms with Crippen LogP contribution in [0.1, 0.15) is 19.3 Å². The summed E-state index contributed by atoms with van der Waals surface area (Å²) in [6.45, 7) is 2.54. The van der Waals surface area contributed by atoms with Crippen molar-refractivity contribution in [2.75, 3.05) is 51.7 Å². The van der Waals surface area contributed by atoms with E-state index in [1.54, 1.807) is 0 Å². The predicted molar refractivity (Wildman–Crippen MR) is 127 cm³/mol. The van der Waals surface area contributed by atoms with Crippen LogP contribution in [0.3, 0.4) is 0 Å². The van der Waals surface area contributed by atoms with Crippen LogP contribution in [-0.2, 0) is 0 Å². The normalized spacial score (nSPS) is 22.4. The highest BCUT2D eigenvalue weighted by molar-refractivity contribution is 8.24. The molecule has 7 heteroatoms. The SMILES string of the molecule is CN1SN(CC2CCC2)c2ccc(-c3cccc(N4CCS(O)(O)CC4)c3)cc21. The number of rotatable bonds is 4. The maximum Gasteiger partial charge on any atom is 0.0732 e. The molecule has 2 aromatic rings. The van der Waals surface area contributed by atoms with Gasteiger partial charge in [0.2, 0.25) is 0 Å². The first kappa shape index (κ1) is 19.4. The fraction of sp³-hybridized carbons (Fsp3) is 0.455. The summed E-state index contributed by atoms with van der Waals surface area (Å²) >= 11 is 1.81. The van der Waals surface area contributed by atoms with E-state index in [1.165, 1.54) is 41.8 Å². The van der Waals surface area contributed by atoms with E-state index in [0.717, 1.165) is 18.2 Å². The second kappa shape index (κ2) is 7.61. The van der Waals surface area contributed by atoms with Gasteiger partial charge in [0, 0.05) is 32.4 Å². The topological polar surface area (TPSA) is 50.2 Å². The van der Waals surface area contributed by atoms with E-state index in [4.69, 9.17) is 0 Å². The third-order valence-electron chi connectivity index (χ3n) is 6.37. The van der Waals surface area contributed by atoms with Gasteiger partial charge in [0.15, 0.2) is 0 Å². The molecule has 0 aromatic heterocycles. The lowest BCUT2D eigenvalue weighted by atomic mass is 9.85. The summed E-state index contributed by atoms with van der Waals surface area (Å²) in [6.07, 6.45) is 4.12. The van der Waals surface area contributed by atoms with E-state index < -0.39 is 10.6 Å². The minimum Gasteiger partial charge on any atom is -0.368 e. The maximum atomic E-state index is 9.88. The highest BCUT2D eigenvalue weighted by atomic mass is 32.3. The molecule has 2 N–H and O–H groups in total. The van der Waals surface area contributed by atoms with Crippen LogP contribution in [0.5, 0.6) is 0 Å². The monoisotopic (exact) mass is 431 g/mol. The number of hydrogen-bond donors (Lipinski definition) is 2. The molecule has 0 atom stereocenters. The molecule has 1 saturated heterocycles. The van der Waals surface area contributed by atoms with Crippen molar-refractivity contribution in [3.05, 3.63) is 42.5 Å². The lowest BCUT2D eigenvalue weighted by Crippen LogP contribution is -2.38. The molecule has 0 amide bonds. The van der Waals surface area contributed by atoms with Crippen LogP contribution in [0.4, 0.5) is 17.1 Å². The standard InChI is InChI=1S/C22H29N3O2S2/c1-23-22-15-19(8-9-21(22)25(28-23)16-17-4-2-5-17)18-6-3-7-20(14-18)24-10-12-29(26,27)13-11-24/h3,6-9,14-15,17,26-27H,2,4-5,10-13,16H2,1H3. The Hall–Kier alpha value is -1.54. The van der Waals surface area contributed by atoms with E-state index in [-0.39, 0.29) is 0 Å². The van der Waals surface area contributed by atoms with E-state index in [9.17, 15) is 9.11 Å². The van der Waals surface area contributed by atoms with Crippen LogP contribution in [0.2, 0.25) is 0 Å². The zero-order valence-corrected chi connectivity index (χ0v) is 18.5. The molecular formula is C22H29N3O2S2. The van der Waals surface area contributed by atoms with Crippen molar-refractivity contribution < 1.29 is 9.11 Å². The maximum absolute atomic E-state index is 9.88. The number of nitrogens with zero attached hydrogens (tertiary/aromatic N) is 3. The summed E-state index contributed by atoms with van der Waals surface area (Å²) in [6, 6.07) is 15.4. The second-order valence-electron chi connectivity index (χ2n) is 8.39. The summed E-state index contributed by atoms with van der Waals surface area (Å²) in [5.41, 5.74) is 6.20. The van der Waals surface area contributed by atoms with Gasteiger partial charge >= 0.3 is 0 Å². The van der Waals surface area contributed by atoms with Crippen molar-refractivity contribution >= 4 is 39.8 Å². The van der Waals surface area contributed by atoms with Crippen LogP contribution in [0.15, 0.2) is 42.5 Å². The second-order valence-corrected chi connectivity index (χ2v) is 12.0. The molecular weight excluding hydrogens is 402 g/mol. The van der Waals surface area contributed by atoms with Crippen molar-refractivity contribution in [2.45, 2.75) is 19.3 Å². The molecule has 2 fully saturated rings. The summed E-state index contributed by atoms with van der Waals surface area (Å²) in [7, 11) is -0.216. The molecule has 0 unspecified atom stereocenters. The molecule has 2 aliphatic heterocycles. The zero-order chi connectivity index (χ0) is 20.0. The highest BCUT2D eigenvalue weighted by Crippen LogP contribution is 2.47. The Kier molecular flexibility index (Phi) is 5.10. The predicted octanol–water partition coefficient (Wildman–Crippen LogP) is 5.54. The van der Waals surface area contributed by atoms with Crippen molar-refractivity contribution in [1.29, 1.82) is 0 Å². The first-order valence-electron chi connectivity index (χ1n) is 10.4. The Morgan fingerprint density at radius 1 is 1.00 bits per heavy atom. The molecule has 3 aliphatic rings. The molecule has 5 nitrogen and oxygen atoms in total. The largest absolute Gasteiger partial charge is 0.368 e. The van der Waals surface area contributed by atoms with Crippen molar-refractivity contribution in [2.24, 2.45) is 5.92 Å². The smallest absolute Gasteiger partial charge is 0.0732 e. The number of benzene rings is 2. The van der Waals surface area contributed by atoms with Gasteiger partial charge in [0.1, 0.15) is 0 Å². The van der Waals surface area contributed by atoms with Crippen molar-refractivity contribution in [1.82, 2.24) is 0 Å². The molecule has 1 aliphatic carbocycles. The van der Waals surface area contributed by atoms with E-state index in [2.05, 4.69) is 63.0 Å². The summed E-state index contributed by atoms with van der Waals surface area (Å²) in [5.74, 6) is 1.78. The van der Waals surface area contributed by atoms with Gasteiger partial charge in [-0.25, -0.2) is 0 Å². The van der Waals surface area contributed by atoms with Crippen LogP contribution in [0.25, 0.3) is 11.1 Å². The van der Waals surface area contributed by atoms with Crippen molar-refractivity contribution in [3.63, 3.8) is 0 Å². The Balaban J connectivity index is 1.37. The molecule has 156 valence electrons. The third-order valence-corrected chi connectivity index (χ3v) is 9.03. The number of anilines is 3. The Bertz CT molecular complexity index is 893. The average molecular weight is 432 g/mol. The molecule has 2 heterocycles. The van der Waals surface area contributed by atoms with E-state index in [1.807, 2.05) is 12.1 Å². The van der Waals surface area contributed by atoms with Gasteiger partial charge in [0.05, 0.1) is 35.0 Å². The Morgan fingerprint density at radius 3 is 2.48 bits per heavy atom. The van der Waals surface area contributed by atoms with Gasteiger partial charge in [-0.3, -0.25) is 17.7 Å². The zero-order valence-electron chi connectivity index (χ0n) is 16.8. The Labute approximate surface area is 179 Å². The highest BCUT2D eigenvalue weighted by Gasteiger charge is 2.29. The van der Waals surface area contributed by atoms with Crippen LogP contribution in [0, 0.1) is 5.92 Å². The molecule has 1 saturated carbocycles. The third kappa shape index (κ3) is 3.93. The lowest BCUT2D eigenvalue weighted by Gasteiger charge is -2.42. The summed E-state index contributed by atoms with van der Waals surface area (Å²) in [5, 5.41) is 0. The van der Waals surface area contributed by atoms with Crippen LogP contribution < -0.4 is 13.5 Å². The van der Waals surface area contributed by atoms with Crippen molar-refractivity contribution in [3.8, 4) is 11.1 Å². The average Bonchev–Trinajstić information content (AvgIpc) is 3.00. The first-order valence-corrected chi connectivity index (χ1v) is 13.0. The fourth-order valence-corrected chi connectivity index (χ4v) is 6.59. The molecule has 2 aromatic carbocycles. The summed E-state index contributed by atoms with van der Waals surface area (Å²) < 4.78 is 24.5. The molecule has 0 radical (unpaired) electrons. The first-order chi connectivity index (χ1) is 14.0. The lowest BCUT2D eigenvalue weighted by molar-refractivity contribution is 0.328. The van der Waals surface area contributed by atoms with Gasteiger partial charge in [0.25, 0.3) is 0 Å². The van der Waals surface area contributed by atoms with Gasteiger partial charge in [-0.15, -0.1) is 0 Å². The fourth-order valence-electron chi connectivity index (χ4n) is 4.31. The molecule has 29 heavy (non-hydrogen) atoms. The molecule has 0 bridgehead atoms. The van der Waals surface area contributed by atoms with Crippen LogP contribution >= 0.6 is 22.7 Å². The van der Waals surface area contributed by atoms with Gasteiger partial charge in [-0.1, -0.05) is 24.6 Å². The molecule has 5 rings (SSSR count). The minimum absolute atomic E-state index is 0.467. The summed E-state index contributed by atoms with van der Waals surface area (Å²) in [4.78, 5) is 2.26. The number of fused-ring (bicyclic) bond motifs is 1. The van der Waals surface area contributed by atoms with Gasteiger partial charge in [-0.05, 0) is 54.2 Å². The quantitative estimate of drug-likeness (QED) is 0.620. The minimum atomic E-state index is -2.36. The number of hydrogen-bond acceptors (Lipinski definition) is 6. The van der Waals surface area contributed by atoms with Gasteiger partial charge in [-0.2, -0.15) is 10.6 Å². The van der Waals surface area contributed by atoms with E-state index in [0.29, 0.717) is 24.6 Å². The van der Waals surface area contributed by atoms with Gasteiger partial charge < -0.3 is 4.90 Å². The molecule has 0 spiro atoms. The Morgan fingerprint density at radius 2 is 1.76 bits per heavy atom.